The molecule has 2 amide bonds. The third kappa shape index (κ3) is 5.14. The van der Waals surface area contributed by atoms with E-state index in [2.05, 4.69) is 15.4 Å². The van der Waals surface area contributed by atoms with Crippen molar-refractivity contribution in [3.63, 3.8) is 0 Å². The zero-order valence-electron chi connectivity index (χ0n) is 17.4. The number of amides is 2. The molecule has 1 heterocycles. The number of esters is 1. The summed E-state index contributed by atoms with van der Waals surface area (Å²) in [5, 5.41) is 6.36. The molecule has 0 bridgehead atoms. The van der Waals surface area contributed by atoms with Crippen molar-refractivity contribution < 1.29 is 23.8 Å². The van der Waals surface area contributed by atoms with Gasteiger partial charge in [-0.3, -0.25) is 0 Å². The maximum Gasteiger partial charge on any atom is 0.337 e. The summed E-state index contributed by atoms with van der Waals surface area (Å²) in [5.41, 5.74) is 1.98. The Morgan fingerprint density at radius 3 is 2.33 bits per heavy atom. The average Bonchev–Trinajstić information content (AvgIpc) is 2.79. The third-order valence-corrected chi connectivity index (χ3v) is 5.02. The number of ether oxygens (including phenoxy) is 3. The first-order valence-electron chi connectivity index (χ1n) is 9.77. The molecule has 3 rings (SSSR count). The predicted molar refractivity (Wildman–Crippen MR) is 115 cm³/mol. The standard InChI is InChI=1S/C22H27N3O5/c1-28-19-11-10-17(13-20(19)29-2)23-18-5-4-12-25(14-18)22(27)24-16-8-6-15(7-9-16)21(26)30-3/h6-11,13,18,23H,4-5,12,14H2,1-3H3,(H,24,27)/t18-/m1/s1. The number of nitrogens with one attached hydrogen (secondary N) is 2. The fraction of sp³-hybridized carbons (Fsp3) is 0.364. The summed E-state index contributed by atoms with van der Waals surface area (Å²) >= 11 is 0. The van der Waals surface area contributed by atoms with Crippen LogP contribution in [-0.4, -0.2) is 57.4 Å². The zero-order valence-corrected chi connectivity index (χ0v) is 17.4. The largest absolute Gasteiger partial charge is 0.493 e. The van der Waals surface area contributed by atoms with Gasteiger partial charge in [-0.05, 0) is 49.2 Å². The van der Waals surface area contributed by atoms with E-state index in [1.54, 1.807) is 43.4 Å². The summed E-state index contributed by atoms with van der Waals surface area (Å²) in [6, 6.07) is 12.3. The number of urea groups is 1. The number of anilines is 2. The fourth-order valence-electron chi connectivity index (χ4n) is 3.45. The molecule has 2 N–H and O–H groups in total. The molecular formula is C22H27N3O5. The minimum absolute atomic E-state index is 0.129. The van der Waals surface area contributed by atoms with Crippen LogP contribution in [0, 0.1) is 0 Å². The highest BCUT2D eigenvalue weighted by Gasteiger charge is 2.24. The molecule has 8 nitrogen and oxygen atoms in total. The molecule has 0 aromatic heterocycles. The summed E-state index contributed by atoms with van der Waals surface area (Å²) < 4.78 is 15.3. The van der Waals surface area contributed by atoms with E-state index in [-0.39, 0.29) is 12.1 Å². The smallest absolute Gasteiger partial charge is 0.337 e. The summed E-state index contributed by atoms with van der Waals surface area (Å²) in [4.78, 5) is 26.0. The van der Waals surface area contributed by atoms with E-state index in [1.807, 2.05) is 18.2 Å². The van der Waals surface area contributed by atoms with Gasteiger partial charge in [-0.1, -0.05) is 0 Å². The Morgan fingerprint density at radius 2 is 1.67 bits per heavy atom. The topological polar surface area (TPSA) is 89.1 Å². The second-order valence-corrected chi connectivity index (χ2v) is 7.00. The monoisotopic (exact) mass is 413 g/mol. The third-order valence-electron chi connectivity index (χ3n) is 5.02. The van der Waals surface area contributed by atoms with Crippen LogP contribution in [0.15, 0.2) is 42.5 Å². The van der Waals surface area contributed by atoms with Gasteiger partial charge in [0.25, 0.3) is 0 Å². The number of carbonyl (C=O) groups excluding carboxylic acids is 2. The fourth-order valence-corrected chi connectivity index (χ4v) is 3.45. The number of likely N-dealkylation sites (tertiary alicyclic amines) is 1. The molecule has 160 valence electrons. The van der Waals surface area contributed by atoms with Crippen molar-refractivity contribution in [3.8, 4) is 11.5 Å². The lowest BCUT2D eigenvalue weighted by Gasteiger charge is -2.33. The van der Waals surface area contributed by atoms with Crippen LogP contribution in [-0.2, 0) is 4.74 Å². The van der Waals surface area contributed by atoms with E-state index in [9.17, 15) is 9.59 Å². The van der Waals surface area contributed by atoms with Crippen molar-refractivity contribution in [1.29, 1.82) is 0 Å². The van der Waals surface area contributed by atoms with Gasteiger partial charge in [0.2, 0.25) is 0 Å². The molecule has 2 aromatic carbocycles. The van der Waals surface area contributed by atoms with Gasteiger partial charge < -0.3 is 29.7 Å². The van der Waals surface area contributed by atoms with Crippen LogP contribution in [0.25, 0.3) is 0 Å². The maximum atomic E-state index is 12.7. The molecule has 30 heavy (non-hydrogen) atoms. The van der Waals surface area contributed by atoms with Crippen molar-refractivity contribution in [3.05, 3.63) is 48.0 Å². The maximum absolute atomic E-state index is 12.7. The van der Waals surface area contributed by atoms with Crippen molar-refractivity contribution >= 4 is 23.4 Å². The molecule has 0 unspecified atom stereocenters. The molecule has 0 saturated carbocycles. The van der Waals surface area contributed by atoms with Gasteiger partial charge in [-0.2, -0.15) is 0 Å². The van der Waals surface area contributed by atoms with Crippen LogP contribution < -0.4 is 20.1 Å². The highest BCUT2D eigenvalue weighted by molar-refractivity contribution is 5.92. The minimum atomic E-state index is -0.409. The number of rotatable bonds is 6. The Balaban J connectivity index is 1.59. The van der Waals surface area contributed by atoms with Crippen molar-refractivity contribution in [2.24, 2.45) is 0 Å². The van der Waals surface area contributed by atoms with Crippen LogP contribution in [0.2, 0.25) is 0 Å². The first-order chi connectivity index (χ1) is 14.5. The number of benzene rings is 2. The highest BCUT2D eigenvalue weighted by atomic mass is 16.5. The number of hydrogen-bond donors (Lipinski definition) is 2. The first-order valence-corrected chi connectivity index (χ1v) is 9.77. The van der Waals surface area contributed by atoms with Gasteiger partial charge in [0.15, 0.2) is 11.5 Å². The summed E-state index contributed by atoms with van der Waals surface area (Å²) in [6.45, 7) is 1.27. The number of hydrogen-bond acceptors (Lipinski definition) is 6. The Kier molecular flexibility index (Phi) is 7.00. The van der Waals surface area contributed by atoms with Gasteiger partial charge in [0, 0.05) is 36.6 Å². The second-order valence-electron chi connectivity index (χ2n) is 7.00. The first kappa shape index (κ1) is 21.3. The van der Waals surface area contributed by atoms with E-state index >= 15 is 0 Å². The van der Waals surface area contributed by atoms with Gasteiger partial charge >= 0.3 is 12.0 Å². The number of nitrogens with zero attached hydrogens (tertiary/aromatic N) is 1. The lowest BCUT2D eigenvalue weighted by atomic mass is 10.1. The Morgan fingerprint density at radius 1 is 0.967 bits per heavy atom. The molecule has 8 heteroatoms. The second kappa shape index (κ2) is 9.87. The van der Waals surface area contributed by atoms with Crippen LogP contribution in [0.4, 0.5) is 16.2 Å². The van der Waals surface area contributed by atoms with E-state index in [0.29, 0.717) is 35.8 Å². The SMILES string of the molecule is COC(=O)c1ccc(NC(=O)N2CCC[C@@H](Nc3ccc(OC)c(OC)c3)C2)cc1. The molecule has 0 radical (unpaired) electrons. The minimum Gasteiger partial charge on any atom is -0.493 e. The summed E-state index contributed by atoms with van der Waals surface area (Å²) in [6.07, 6.45) is 1.87. The molecule has 1 aliphatic rings. The molecule has 1 fully saturated rings. The van der Waals surface area contributed by atoms with Crippen molar-refractivity contribution in [2.75, 3.05) is 45.1 Å². The quantitative estimate of drug-likeness (QED) is 0.704. The Hall–Kier alpha value is -3.42. The van der Waals surface area contributed by atoms with Gasteiger partial charge in [-0.15, -0.1) is 0 Å². The highest BCUT2D eigenvalue weighted by Crippen LogP contribution is 2.30. The van der Waals surface area contributed by atoms with E-state index < -0.39 is 5.97 Å². The molecule has 0 aliphatic carbocycles. The molecule has 0 spiro atoms. The van der Waals surface area contributed by atoms with E-state index in [4.69, 9.17) is 9.47 Å². The molecule has 2 aromatic rings. The van der Waals surface area contributed by atoms with Crippen molar-refractivity contribution in [1.82, 2.24) is 4.90 Å². The van der Waals surface area contributed by atoms with Gasteiger partial charge in [-0.25, -0.2) is 9.59 Å². The molecule has 1 saturated heterocycles. The molecule has 1 atom stereocenters. The normalized spacial score (nSPS) is 15.8. The zero-order chi connectivity index (χ0) is 21.5. The average molecular weight is 413 g/mol. The van der Waals surface area contributed by atoms with Crippen LogP contribution in [0.5, 0.6) is 11.5 Å². The lowest BCUT2D eigenvalue weighted by Crippen LogP contribution is -2.46. The number of piperidine rings is 1. The summed E-state index contributed by atoms with van der Waals surface area (Å²) in [7, 11) is 4.54. The Labute approximate surface area is 176 Å². The van der Waals surface area contributed by atoms with Crippen LogP contribution >= 0.6 is 0 Å². The predicted octanol–water partition coefficient (Wildman–Crippen LogP) is 3.60. The number of methoxy groups -OCH3 is 3. The van der Waals surface area contributed by atoms with Gasteiger partial charge in [0.05, 0.1) is 26.9 Å². The number of carbonyl (C=O) groups is 2. The van der Waals surface area contributed by atoms with Gasteiger partial charge in [0.1, 0.15) is 0 Å². The van der Waals surface area contributed by atoms with E-state index in [1.165, 1.54) is 7.11 Å². The van der Waals surface area contributed by atoms with Crippen LogP contribution in [0.3, 0.4) is 0 Å². The van der Waals surface area contributed by atoms with Crippen LogP contribution in [0.1, 0.15) is 23.2 Å². The molecule has 1 aliphatic heterocycles. The summed E-state index contributed by atoms with van der Waals surface area (Å²) in [5.74, 6) is 0.919. The Bertz CT molecular complexity index is 885. The van der Waals surface area contributed by atoms with E-state index in [0.717, 1.165) is 18.5 Å². The lowest BCUT2D eigenvalue weighted by molar-refractivity contribution is 0.0600. The van der Waals surface area contributed by atoms with Crippen molar-refractivity contribution in [2.45, 2.75) is 18.9 Å². The molecular weight excluding hydrogens is 386 g/mol.